The molecule has 0 aromatic rings. The van der Waals surface area contributed by atoms with Crippen molar-refractivity contribution in [2.75, 3.05) is 39.6 Å². The maximum Gasteiger partial charge on any atom is 0.472 e. The van der Waals surface area contributed by atoms with E-state index in [1.165, 1.54) is 212 Å². The molecule has 99 heavy (non-hydrogen) atoms. The number of carbonyl (C=O) groups is 4. The van der Waals surface area contributed by atoms with Crippen LogP contribution in [0.2, 0.25) is 0 Å². The minimum Gasteiger partial charge on any atom is -0.462 e. The number of carbonyl (C=O) groups excluding carboxylic acids is 4. The van der Waals surface area contributed by atoms with E-state index in [1.807, 2.05) is 0 Å². The van der Waals surface area contributed by atoms with Gasteiger partial charge in [-0.2, -0.15) is 0 Å². The van der Waals surface area contributed by atoms with Gasteiger partial charge in [-0.3, -0.25) is 37.3 Å². The molecule has 17 nitrogen and oxygen atoms in total. The molecular formula is C80H156O17P2. The van der Waals surface area contributed by atoms with Gasteiger partial charge < -0.3 is 33.8 Å². The zero-order chi connectivity index (χ0) is 73.0. The van der Waals surface area contributed by atoms with Crippen molar-refractivity contribution in [1.82, 2.24) is 0 Å². The van der Waals surface area contributed by atoms with Crippen molar-refractivity contribution in [3.8, 4) is 0 Å². The molecule has 0 saturated carbocycles. The molecule has 0 saturated heterocycles. The van der Waals surface area contributed by atoms with E-state index in [1.54, 1.807) is 0 Å². The van der Waals surface area contributed by atoms with Crippen LogP contribution in [0.15, 0.2) is 0 Å². The van der Waals surface area contributed by atoms with Crippen LogP contribution in [0.1, 0.15) is 414 Å². The van der Waals surface area contributed by atoms with E-state index in [0.717, 1.165) is 120 Å². The molecule has 588 valence electrons. The van der Waals surface area contributed by atoms with Crippen molar-refractivity contribution < 1.29 is 80.2 Å². The highest BCUT2D eigenvalue weighted by atomic mass is 31.2. The molecule has 0 aromatic carbocycles. The Hall–Kier alpha value is -1.94. The van der Waals surface area contributed by atoms with Gasteiger partial charge in [-0.05, 0) is 43.4 Å². The Balaban J connectivity index is 5.19. The standard InChI is InChI=1S/C80H156O17P2/c1-8-10-11-12-37-47-54-61-77(82)90-67-75(96-79(84)64-57-50-43-36-30-24-18-20-26-32-39-45-52-59-72(5)6)69-94-98(86,87)92-65-74(81)66-93-99(88,89)95-70-76(97-80(85)63-56-49-42-35-29-23-15-13-14-19-25-31-38-44-51-58-71(3)4)68-91-78(83)62-55-48-41-34-28-22-17-16-21-27-33-40-46-53-60-73(7)9-2/h71-76,81H,8-70H2,1-7H3,(H,86,87)(H,88,89)/t73?,74-,75+,76+/m0/s1. The van der Waals surface area contributed by atoms with Gasteiger partial charge in [0.15, 0.2) is 12.2 Å². The Kier molecular flexibility index (Phi) is 69.0. The third-order valence-electron chi connectivity index (χ3n) is 19.0. The molecule has 6 atom stereocenters. The third kappa shape index (κ3) is 72.8. The second-order valence-electron chi connectivity index (χ2n) is 30.0. The lowest BCUT2D eigenvalue weighted by molar-refractivity contribution is -0.161. The van der Waals surface area contributed by atoms with Crippen LogP contribution in [-0.4, -0.2) is 96.7 Å². The largest absolute Gasteiger partial charge is 0.472 e. The highest BCUT2D eigenvalue weighted by molar-refractivity contribution is 7.47. The van der Waals surface area contributed by atoms with Crippen LogP contribution in [0.5, 0.6) is 0 Å². The zero-order valence-corrected chi connectivity index (χ0v) is 66.8. The average molecular weight is 1450 g/mol. The summed E-state index contributed by atoms with van der Waals surface area (Å²) in [6.45, 7) is 12.0. The Morgan fingerprint density at radius 3 is 0.768 bits per heavy atom. The van der Waals surface area contributed by atoms with E-state index < -0.39 is 97.5 Å². The summed E-state index contributed by atoms with van der Waals surface area (Å²) in [6.07, 6.45) is 58.3. The fourth-order valence-corrected chi connectivity index (χ4v) is 13.9. The van der Waals surface area contributed by atoms with Crippen LogP contribution in [0.25, 0.3) is 0 Å². The molecule has 0 spiro atoms. The van der Waals surface area contributed by atoms with Gasteiger partial charge in [-0.1, -0.05) is 363 Å². The molecule has 0 radical (unpaired) electrons. The summed E-state index contributed by atoms with van der Waals surface area (Å²) in [5, 5.41) is 10.6. The van der Waals surface area contributed by atoms with Crippen molar-refractivity contribution >= 4 is 39.5 Å². The van der Waals surface area contributed by atoms with Crippen molar-refractivity contribution in [1.29, 1.82) is 0 Å². The van der Waals surface area contributed by atoms with Crippen LogP contribution in [0, 0.1) is 17.8 Å². The number of hydrogen-bond acceptors (Lipinski definition) is 15. The molecule has 0 aliphatic rings. The number of aliphatic hydroxyl groups is 1. The summed E-state index contributed by atoms with van der Waals surface area (Å²) in [5.74, 6) is 0.324. The molecule has 0 rings (SSSR count). The monoisotopic (exact) mass is 1450 g/mol. The summed E-state index contributed by atoms with van der Waals surface area (Å²) in [5.41, 5.74) is 0. The number of esters is 4. The average Bonchev–Trinajstić information content (AvgIpc) is 1.34. The smallest absolute Gasteiger partial charge is 0.462 e. The summed E-state index contributed by atoms with van der Waals surface area (Å²) >= 11 is 0. The minimum atomic E-state index is -4.96. The van der Waals surface area contributed by atoms with Gasteiger partial charge in [0.1, 0.15) is 19.3 Å². The first kappa shape index (κ1) is 97.1. The van der Waals surface area contributed by atoms with Gasteiger partial charge in [0, 0.05) is 25.7 Å². The number of aliphatic hydroxyl groups excluding tert-OH is 1. The van der Waals surface area contributed by atoms with Crippen molar-refractivity contribution in [3.63, 3.8) is 0 Å². The van der Waals surface area contributed by atoms with Crippen molar-refractivity contribution in [2.24, 2.45) is 17.8 Å². The molecule has 0 amide bonds. The van der Waals surface area contributed by atoms with E-state index in [0.29, 0.717) is 25.7 Å². The maximum absolute atomic E-state index is 13.1. The predicted octanol–water partition coefficient (Wildman–Crippen LogP) is 23.7. The SMILES string of the molecule is CCCCCCCCCC(=O)OC[C@H](COP(=O)(O)OC[C@H](O)COP(=O)(O)OC[C@@H](COC(=O)CCCCCCCCCCCCCCCCC(C)CC)OC(=O)CCCCCCCCCCCCCCCCCC(C)C)OC(=O)CCCCCCCCCCCCCCCC(C)C. The van der Waals surface area contributed by atoms with Crippen LogP contribution in [-0.2, 0) is 65.4 Å². The molecule has 0 aliphatic heterocycles. The van der Waals surface area contributed by atoms with Gasteiger partial charge >= 0.3 is 39.5 Å². The lowest BCUT2D eigenvalue weighted by atomic mass is 9.99. The van der Waals surface area contributed by atoms with Crippen LogP contribution in [0.4, 0.5) is 0 Å². The number of phosphoric acid groups is 2. The number of unbranched alkanes of at least 4 members (excludes halogenated alkanes) is 45. The van der Waals surface area contributed by atoms with E-state index >= 15 is 0 Å². The lowest BCUT2D eigenvalue weighted by Crippen LogP contribution is -2.30. The van der Waals surface area contributed by atoms with E-state index in [4.69, 9.17) is 37.0 Å². The van der Waals surface area contributed by atoms with Gasteiger partial charge in [0.05, 0.1) is 26.4 Å². The molecule has 19 heteroatoms. The fourth-order valence-electron chi connectivity index (χ4n) is 12.3. The van der Waals surface area contributed by atoms with Crippen molar-refractivity contribution in [2.45, 2.75) is 433 Å². The summed E-state index contributed by atoms with van der Waals surface area (Å²) in [6, 6.07) is 0. The first-order valence-corrected chi connectivity index (χ1v) is 44.4. The Morgan fingerprint density at radius 1 is 0.293 bits per heavy atom. The fraction of sp³-hybridized carbons (Fsp3) is 0.950. The summed E-state index contributed by atoms with van der Waals surface area (Å²) in [4.78, 5) is 72.9. The molecule has 0 aromatic heterocycles. The van der Waals surface area contributed by atoms with Gasteiger partial charge in [-0.25, -0.2) is 9.13 Å². The Morgan fingerprint density at radius 2 is 0.515 bits per heavy atom. The van der Waals surface area contributed by atoms with Gasteiger partial charge in [0.2, 0.25) is 0 Å². The predicted molar refractivity (Wildman–Crippen MR) is 405 cm³/mol. The second kappa shape index (κ2) is 70.4. The van der Waals surface area contributed by atoms with E-state index in [2.05, 4.69) is 48.5 Å². The number of hydrogen-bond donors (Lipinski definition) is 3. The van der Waals surface area contributed by atoms with E-state index in [-0.39, 0.29) is 25.7 Å². The highest BCUT2D eigenvalue weighted by Crippen LogP contribution is 2.45. The minimum absolute atomic E-state index is 0.107. The van der Waals surface area contributed by atoms with Crippen molar-refractivity contribution in [3.05, 3.63) is 0 Å². The Bertz CT molecular complexity index is 1920. The molecule has 0 heterocycles. The van der Waals surface area contributed by atoms with Crippen LogP contribution in [0.3, 0.4) is 0 Å². The Labute approximate surface area is 607 Å². The van der Waals surface area contributed by atoms with Crippen LogP contribution >= 0.6 is 15.6 Å². The topological polar surface area (TPSA) is 237 Å². The highest BCUT2D eigenvalue weighted by Gasteiger charge is 2.30. The normalized spacial score (nSPS) is 14.3. The first-order valence-electron chi connectivity index (χ1n) is 41.4. The first-order chi connectivity index (χ1) is 47.8. The molecule has 0 aliphatic carbocycles. The van der Waals surface area contributed by atoms with E-state index in [9.17, 15) is 43.2 Å². The molecule has 0 fully saturated rings. The lowest BCUT2D eigenvalue weighted by Gasteiger charge is -2.21. The van der Waals surface area contributed by atoms with Crippen LogP contribution < -0.4 is 0 Å². The van der Waals surface area contributed by atoms with Gasteiger partial charge in [0.25, 0.3) is 0 Å². The second-order valence-corrected chi connectivity index (χ2v) is 32.9. The third-order valence-corrected chi connectivity index (χ3v) is 20.9. The molecule has 3 unspecified atom stereocenters. The summed E-state index contributed by atoms with van der Waals surface area (Å²) < 4.78 is 68.6. The number of phosphoric ester groups is 2. The zero-order valence-electron chi connectivity index (χ0n) is 65.0. The number of rotatable bonds is 78. The molecule has 3 N–H and O–H groups in total. The summed E-state index contributed by atoms with van der Waals surface area (Å²) in [7, 11) is -9.91. The number of ether oxygens (including phenoxy) is 4. The molecular weight excluding hydrogens is 1290 g/mol. The quantitative estimate of drug-likeness (QED) is 0.0222. The molecule has 0 bridgehead atoms. The van der Waals surface area contributed by atoms with Gasteiger partial charge in [-0.15, -0.1) is 0 Å². The maximum atomic E-state index is 13.1.